The van der Waals surface area contributed by atoms with Crippen LogP contribution in [0.4, 0.5) is 0 Å². The molecule has 1 amide bonds. The van der Waals surface area contributed by atoms with Gasteiger partial charge < -0.3 is 19.3 Å². The van der Waals surface area contributed by atoms with Gasteiger partial charge >= 0.3 is 0 Å². The van der Waals surface area contributed by atoms with Crippen LogP contribution >= 0.6 is 0 Å². The number of benzene rings is 2. The molecule has 5 rings (SSSR count). The smallest absolute Gasteiger partial charge is 0.255 e. The number of Topliss-reactive ketones (excluding diaryl/α,β-unsaturated/α-hetero) is 2. The summed E-state index contributed by atoms with van der Waals surface area (Å²) in [6, 6.07) is 12.6. The number of aliphatic hydroxyl groups excluding tert-OH is 1. The van der Waals surface area contributed by atoms with Crippen LogP contribution in [0, 0.1) is 0 Å². The molecule has 0 saturated carbocycles. The van der Waals surface area contributed by atoms with E-state index in [0.717, 1.165) is 50.4 Å². The summed E-state index contributed by atoms with van der Waals surface area (Å²) in [5, 5.41) is 10.2. The molecule has 210 valence electrons. The Bertz CT molecular complexity index is 1410. The lowest BCUT2D eigenvalue weighted by molar-refractivity contribution is 0.0369. The fraction of sp³-hybridized carbons (Fsp3) is 0.419. The van der Waals surface area contributed by atoms with Gasteiger partial charge in [0.05, 0.1) is 31.4 Å². The number of carbonyl (C=O) groups is 3. The third kappa shape index (κ3) is 5.91. The molecule has 2 aromatic carbocycles. The van der Waals surface area contributed by atoms with Crippen molar-refractivity contribution in [2.24, 2.45) is 0 Å². The Balaban J connectivity index is 1.51. The number of imidazole rings is 1. The summed E-state index contributed by atoms with van der Waals surface area (Å²) >= 11 is 0. The van der Waals surface area contributed by atoms with Gasteiger partial charge in [-0.25, -0.2) is 4.98 Å². The number of aromatic nitrogens is 2. The van der Waals surface area contributed by atoms with E-state index in [1.807, 2.05) is 28.8 Å². The van der Waals surface area contributed by atoms with Gasteiger partial charge in [0, 0.05) is 57.0 Å². The van der Waals surface area contributed by atoms with Gasteiger partial charge in [0.2, 0.25) is 0 Å². The predicted molar refractivity (Wildman–Crippen MR) is 150 cm³/mol. The van der Waals surface area contributed by atoms with Crippen LogP contribution in [0.25, 0.3) is 11.4 Å². The van der Waals surface area contributed by atoms with Crippen molar-refractivity contribution in [3.8, 4) is 11.4 Å². The maximum absolute atomic E-state index is 14.2. The average Bonchev–Trinajstić information content (AvgIpc) is 3.40. The number of carbonyl (C=O) groups excluding carboxylic acids is 3. The predicted octanol–water partition coefficient (Wildman–Crippen LogP) is 3.24. The molecule has 2 aliphatic heterocycles. The van der Waals surface area contributed by atoms with Crippen molar-refractivity contribution in [2.45, 2.75) is 45.8 Å². The molecule has 0 unspecified atom stereocenters. The van der Waals surface area contributed by atoms with Gasteiger partial charge in [-0.2, -0.15) is 0 Å². The number of nitrogens with zero attached hydrogens (tertiary/aromatic N) is 4. The van der Waals surface area contributed by atoms with Crippen molar-refractivity contribution in [2.75, 3.05) is 39.5 Å². The zero-order valence-electron chi connectivity index (χ0n) is 23.1. The quantitative estimate of drug-likeness (QED) is 0.413. The molecule has 0 bridgehead atoms. The fourth-order valence-electron chi connectivity index (χ4n) is 5.54. The summed E-state index contributed by atoms with van der Waals surface area (Å²) in [4.78, 5) is 47.6. The van der Waals surface area contributed by atoms with Gasteiger partial charge in [-0.3, -0.25) is 19.3 Å². The molecule has 3 heterocycles. The standard InChI is InChI=1S/C31H36N4O5/c1-21(37)23-8-9-27(28(17-23)31(39)35-18-25-7-4-3-6-24(25)16-26(35)20-36)30-32-29(22(2)38)19-34(30)11-5-10-33-12-14-40-15-13-33/h3-4,6-9,17,19,26,36H,5,10-16,18,20H2,1-2H3/t26-/m0/s1. The zero-order chi connectivity index (χ0) is 28.2. The molecule has 9 heteroatoms. The molecular weight excluding hydrogens is 508 g/mol. The number of hydrogen-bond acceptors (Lipinski definition) is 7. The molecule has 0 radical (unpaired) electrons. The Morgan fingerprint density at radius 1 is 1.00 bits per heavy atom. The molecular formula is C31H36N4O5. The highest BCUT2D eigenvalue weighted by Gasteiger charge is 2.32. The van der Waals surface area contributed by atoms with Crippen molar-refractivity contribution in [3.05, 3.63) is 76.6 Å². The van der Waals surface area contributed by atoms with Gasteiger partial charge in [-0.05, 0) is 43.0 Å². The first kappa shape index (κ1) is 27.9. The average molecular weight is 545 g/mol. The number of hydrogen-bond donors (Lipinski definition) is 1. The maximum Gasteiger partial charge on any atom is 0.255 e. The maximum atomic E-state index is 14.2. The number of amides is 1. The van der Waals surface area contributed by atoms with Crippen LogP contribution in [0.3, 0.4) is 0 Å². The molecule has 1 fully saturated rings. The molecule has 2 aliphatic rings. The monoisotopic (exact) mass is 544 g/mol. The summed E-state index contributed by atoms with van der Waals surface area (Å²) in [6.45, 7) is 7.88. The number of fused-ring (bicyclic) bond motifs is 1. The van der Waals surface area contributed by atoms with E-state index in [-0.39, 0.29) is 24.1 Å². The third-order valence-electron chi connectivity index (χ3n) is 7.84. The van der Waals surface area contributed by atoms with E-state index in [9.17, 15) is 19.5 Å². The van der Waals surface area contributed by atoms with E-state index < -0.39 is 6.04 Å². The molecule has 1 aromatic heterocycles. The number of ether oxygens (including phenoxy) is 1. The van der Waals surface area contributed by atoms with Crippen molar-refractivity contribution in [3.63, 3.8) is 0 Å². The fourth-order valence-corrected chi connectivity index (χ4v) is 5.54. The highest BCUT2D eigenvalue weighted by molar-refractivity contribution is 6.04. The van der Waals surface area contributed by atoms with Gasteiger partial charge in [0.1, 0.15) is 11.5 Å². The van der Waals surface area contributed by atoms with Crippen LogP contribution in [-0.2, 0) is 24.2 Å². The van der Waals surface area contributed by atoms with Gasteiger partial charge in [-0.1, -0.05) is 30.3 Å². The SMILES string of the molecule is CC(=O)c1ccc(-c2nc(C(C)=O)cn2CCCN2CCOCC2)c(C(=O)N2Cc3ccccc3C[C@H]2CO)c1. The minimum atomic E-state index is -0.391. The number of aryl methyl sites for hydroxylation is 1. The van der Waals surface area contributed by atoms with E-state index >= 15 is 0 Å². The summed E-state index contributed by atoms with van der Waals surface area (Å²) in [5.41, 5.74) is 3.79. The van der Waals surface area contributed by atoms with Crippen LogP contribution in [0.2, 0.25) is 0 Å². The van der Waals surface area contributed by atoms with E-state index in [2.05, 4.69) is 9.88 Å². The topological polar surface area (TPSA) is 105 Å². The molecule has 1 N–H and O–H groups in total. The number of aliphatic hydroxyl groups is 1. The molecule has 0 spiro atoms. The van der Waals surface area contributed by atoms with E-state index in [4.69, 9.17) is 4.74 Å². The zero-order valence-corrected chi connectivity index (χ0v) is 23.1. The molecule has 9 nitrogen and oxygen atoms in total. The van der Waals surface area contributed by atoms with Gasteiger partial charge in [-0.15, -0.1) is 0 Å². The number of rotatable bonds is 9. The van der Waals surface area contributed by atoms with Gasteiger partial charge in [0.15, 0.2) is 11.6 Å². The van der Waals surface area contributed by atoms with E-state index in [1.165, 1.54) is 13.8 Å². The van der Waals surface area contributed by atoms with Gasteiger partial charge in [0.25, 0.3) is 5.91 Å². The van der Waals surface area contributed by atoms with Crippen LogP contribution < -0.4 is 0 Å². The Kier molecular flexibility index (Phi) is 8.54. The van der Waals surface area contributed by atoms with Crippen LogP contribution in [-0.4, -0.2) is 87.4 Å². The summed E-state index contributed by atoms with van der Waals surface area (Å²) in [6.07, 6.45) is 3.13. The molecule has 1 saturated heterocycles. The first-order valence-electron chi connectivity index (χ1n) is 13.9. The van der Waals surface area contributed by atoms with Crippen LogP contribution in [0.15, 0.2) is 48.7 Å². The third-order valence-corrected chi connectivity index (χ3v) is 7.84. The van der Waals surface area contributed by atoms with Crippen molar-refractivity contribution in [1.29, 1.82) is 0 Å². The molecule has 40 heavy (non-hydrogen) atoms. The Morgan fingerprint density at radius 3 is 2.45 bits per heavy atom. The summed E-state index contributed by atoms with van der Waals surface area (Å²) < 4.78 is 7.38. The van der Waals surface area contributed by atoms with Crippen molar-refractivity contribution >= 4 is 17.5 Å². The molecule has 0 aliphatic carbocycles. The Morgan fingerprint density at radius 2 is 1.75 bits per heavy atom. The minimum Gasteiger partial charge on any atom is -0.394 e. The first-order chi connectivity index (χ1) is 19.4. The lowest BCUT2D eigenvalue weighted by Gasteiger charge is -2.36. The second kappa shape index (κ2) is 12.2. The lowest BCUT2D eigenvalue weighted by Crippen LogP contribution is -2.46. The second-order valence-corrected chi connectivity index (χ2v) is 10.6. The second-order valence-electron chi connectivity index (χ2n) is 10.6. The van der Waals surface area contributed by atoms with Crippen molar-refractivity contribution < 1.29 is 24.2 Å². The summed E-state index contributed by atoms with van der Waals surface area (Å²) in [7, 11) is 0. The molecule has 1 atom stereocenters. The number of ketones is 2. The van der Waals surface area contributed by atoms with E-state index in [0.29, 0.717) is 47.7 Å². The highest BCUT2D eigenvalue weighted by Crippen LogP contribution is 2.30. The molecule has 3 aromatic rings. The Hall–Kier alpha value is -3.66. The largest absolute Gasteiger partial charge is 0.394 e. The van der Waals surface area contributed by atoms with E-state index in [1.54, 1.807) is 29.3 Å². The number of morpholine rings is 1. The lowest BCUT2D eigenvalue weighted by atomic mass is 9.92. The normalized spacial score (nSPS) is 17.5. The first-order valence-corrected chi connectivity index (χ1v) is 13.9. The summed E-state index contributed by atoms with van der Waals surface area (Å²) in [5.74, 6) is -0.0709. The highest BCUT2D eigenvalue weighted by atomic mass is 16.5. The minimum absolute atomic E-state index is 0.151. The van der Waals surface area contributed by atoms with Crippen LogP contribution in [0.1, 0.15) is 62.6 Å². The Labute approximate surface area is 234 Å². The van der Waals surface area contributed by atoms with Crippen molar-refractivity contribution in [1.82, 2.24) is 19.4 Å². The van der Waals surface area contributed by atoms with Crippen LogP contribution in [0.5, 0.6) is 0 Å².